The highest BCUT2D eigenvalue weighted by molar-refractivity contribution is 5.90. The van der Waals surface area contributed by atoms with Gasteiger partial charge in [-0.2, -0.15) is 0 Å². The molecule has 1 aliphatic heterocycles. The van der Waals surface area contributed by atoms with Crippen LogP contribution in [0.15, 0.2) is 36.9 Å². The summed E-state index contributed by atoms with van der Waals surface area (Å²) in [5.41, 5.74) is 6.83. The molecule has 1 N–H and O–H groups in total. The number of fused-ring (bicyclic) bond motifs is 1. The molecule has 3 rings (SSSR count). The first-order valence-electron chi connectivity index (χ1n) is 7.90. The molecule has 114 valence electrons. The fourth-order valence-corrected chi connectivity index (χ4v) is 2.71. The molecule has 0 radical (unpaired) electrons. The van der Waals surface area contributed by atoms with Crippen LogP contribution in [0.5, 0.6) is 0 Å². The Balaban J connectivity index is 1.79. The zero-order valence-electron chi connectivity index (χ0n) is 13.6. The summed E-state index contributed by atoms with van der Waals surface area (Å²) < 4.78 is 0. The van der Waals surface area contributed by atoms with Crippen molar-refractivity contribution in [3.05, 3.63) is 48.0 Å². The van der Waals surface area contributed by atoms with E-state index in [1.807, 2.05) is 7.05 Å². The van der Waals surface area contributed by atoms with E-state index in [1.54, 1.807) is 0 Å². The molecule has 3 nitrogen and oxygen atoms in total. The van der Waals surface area contributed by atoms with Gasteiger partial charge in [-0.25, -0.2) is 4.98 Å². The molecule has 0 saturated carbocycles. The molecule has 1 aromatic carbocycles. The molecular formula is C19H23N3. The number of nitrogens with zero attached hydrogens (tertiary/aromatic N) is 2. The number of aromatic nitrogens is 1. The lowest BCUT2D eigenvalue weighted by Gasteiger charge is -2.13. The van der Waals surface area contributed by atoms with Crippen LogP contribution in [0.25, 0.3) is 17.0 Å². The van der Waals surface area contributed by atoms with Crippen molar-refractivity contribution in [1.29, 1.82) is 0 Å². The molecule has 0 saturated heterocycles. The standard InChI is InChI=1S/C19H23N3/c1-5-6-11-20-14(3)16-8-7-15(12-13(16)2)17-9-10-18-19(21-17)22(18)4/h7-10,12,20H,3,5-6,11H2,1-2,4H3. The Bertz CT molecular complexity index is 719. The third-order valence-electron chi connectivity index (χ3n) is 4.20. The summed E-state index contributed by atoms with van der Waals surface area (Å²) in [6.07, 6.45) is 2.36. The van der Waals surface area contributed by atoms with Crippen LogP contribution in [0.3, 0.4) is 0 Å². The molecular weight excluding hydrogens is 270 g/mol. The molecule has 0 fully saturated rings. The molecule has 0 spiro atoms. The first kappa shape index (κ1) is 14.6. The third kappa shape index (κ3) is 2.71. The van der Waals surface area contributed by atoms with Crippen molar-refractivity contribution in [1.82, 2.24) is 10.3 Å². The molecule has 0 atom stereocenters. The van der Waals surface area contributed by atoms with Crippen molar-refractivity contribution in [2.24, 2.45) is 0 Å². The van der Waals surface area contributed by atoms with Crippen molar-refractivity contribution >= 4 is 17.2 Å². The predicted octanol–water partition coefficient (Wildman–Crippen LogP) is 4.50. The quantitative estimate of drug-likeness (QED) is 0.628. The molecule has 0 aliphatic carbocycles. The van der Waals surface area contributed by atoms with E-state index in [-0.39, 0.29) is 0 Å². The van der Waals surface area contributed by atoms with Gasteiger partial charge in [0.15, 0.2) is 5.82 Å². The number of benzene rings is 1. The fourth-order valence-electron chi connectivity index (χ4n) is 2.71. The highest BCUT2D eigenvalue weighted by Crippen LogP contribution is 2.44. The van der Waals surface area contributed by atoms with Crippen LogP contribution in [0, 0.1) is 6.92 Å². The minimum atomic E-state index is 0.981. The highest BCUT2D eigenvalue weighted by atomic mass is 15.3. The number of pyridine rings is 1. The number of aryl methyl sites for hydroxylation is 1. The Morgan fingerprint density at radius 3 is 2.77 bits per heavy atom. The number of unbranched alkanes of at least 4 members (excludes halogenated alkanes) is 1. The van der Waals surface area contributed by atoms with Crippen LogP contribution in [-0.4, -0.2) is 18.6 Å². The number of rotatable bonds is 6. The molecule has 1 aliphatic rings. The molecule has 2 aromatic rings. The third-order valence-corrected chi connectivity index (χ3v) is 4.20. The van der Waals surface area contributed by atoms with Gasteiger partial charge < -0.3 is 10.2 Å². The molecule has 3 heteroatoms. The molecule has 22 heavy (non-hydrogen) atoms. The Labute approximate surface area is 132 Å². The van der Waals surface area contributed by atoms with Crippen molar-refractivity contribution in [2.45, 2.75) is 26.7 Å². The lowest BCUT2D eigenvalue weighted by atomic mass is 10.0. The van der Waals surface area contributed by atoms with E-state index in [0.29, 0.717) is 0 Å². The smallest absolute Gasteiger partial charge is 0.157 e. The topological polar surface area (TPSA) is 27.9 Å². The Morgan fingerprint density at radius 1 is 1.27 bits per heavy atom. The van der Waals surface area contributed by atoms with Crippen LogP contribution in [-0.2, 0) is 0 Å². The second-order valence-corrected chi connectivity index (χ2v) is 5.89. The summed E-state index contributed by atoms with van der Waals surface area (Å²) in [6, 6.07) is 10.7. The average Bonchev–Trinajstić information content (AvgIpc) is 3.17. The molecule has 0 amide bonds. The van der Waals surface area contributed by atoms with Gasteiger partial charge in [0.2, 0.25) is 0 Å². The van der Waals surface area contributed by atoms with Gasteiger partial charge in [-0.15, -0.1) is 0 Å². The van der Waals surface area contributed by atoms with Crippen LogP contribution in [0.2, 0.25) is 0 Å². The van der Waals surface area contributed by atoms with Gasteiger partial charge in [0.25, 0.3) is 0 Å². The lowest BCUT2D eigenvalue weighted by molar-refractivity contribution is 0.745. The summed E-state index contributed by atoms with van der Waals surface area (Å²) in [6.45, 7) is 9.47. The zero-order valence-corrected chi connectivity index (χ0v) is 13.6. The molecule has 0 bridgehead atoms. The zero-order chi connectivity index (χ0) is 15.7. The molecule has 2 heterocycles. The maximum Gasteiger partial charge on any atom is 0.157 e. The van der Waals surface area contributed by atoms with Crippen molar-refractivity contribution in [3.8, 4) is 11.3 Å². The summed E-state index contributed by atoms with van der Waals surface area (Å²) >= 11 is 0. The first-order valence-corrected chi connectivity index (χ1v) is 7.90. The number of hydrogen-bond donors (Lipinski definition) is 1. The second-order valence-electron chi connectivity index (χ2n) is 5.89. The van der Waals surface area contributed by atoms with Gasteiger partial charge in [-0.3, -0.25) is 0 Å². The average molecular weight is 293 g/mol. The second kappa shape index (κ2) is 5.84. The Kier molecular flexibility index (Phi) is 3.88. The molecule has 1 aromatic heterocycles. The van der Waals surface area contributed by atoms with Gasteiger partial charge in [0.1, 0.15) is 0 Å². The number of hydrogen-bond acceptors (Lipinski definition) is 3. The Hall–Kier alpha value is -2.29. The van der Waals surface area contributed by atoms with E-state index in [9.17, 15) is 0 Å². The number of anilines is 2. The Morgan fingerprint density at radius 2 is 2.09 bits per heavy atom. The first-order chi connectivity index (χ1) is 10.6. The van der Waals surface area contributed by atoms with E-state index in [1.165, 1.54) is 29.7 Å². The largest absolute Gasteiger partial charge is 0.385 e. The monoisotopic (exact) mass is 293 g/mol. The minimum Gasteiger partial charge on any atom is -0.385 e. The van der Waals surface area contributed by atoms with E-state index >= 15 is 0 Å². The van der Waals surface area contributed by atoms with Gasteiger partial charge >= 0.3 is 0 Å². The van der Waals surface area contributed by atoms with Crippen LogP contribution < -0.4 is 10.2 Å². The van der Waals surface area contributed by atoms with Gasteiger partial charge in [-0.1, -0.05) is 32.1 Å². The summed E-state index contributed by atoms with van der Waals surface area (Å²) in [4.78, 5) is 6.78. The van der Waals surface area contributed by atoms with Crippen LogP contribution in [0.1, 0.15) is 30.9 Å². The highest BCUT2D eigenvalue weighted by Gasteiger charge is 2.26. The molecule has 0 unspecified atom stereocenters. The van der Waals surface area contributed by atoms with E-state index < -0.39 is 0 Å². The van der Waals surface area contributed by atoms with E-state index in [4.69, 9.17) is 0 Å². The maximum atomic E-state index is 4.68. The predicted molar refractivity (Wildman–Crippen MR) is 94.4 cm³/mol. The van der Waals surface area contributed by atoms with Gasteiger partial charge in [0.05, 0.1) is 11.4 Å². The van der Waals surface area contributed by atoms with Crippen LogP contribution >= 0.6 is 0 Å². The lowest BCUT2D eigenvalue weighted by Crippen LogP contribution is -2.13. The van der Waals surface area contributed by atoms with Crippen LogP contribution in [0.4, 0.5) is 11.5 Å². The van der Waals surface area contributed by atoms with Crippen molar-refractivity contribution < 1.29 is 0 Å². The summed E-state index contributed by atoms with van der Waals surface area (Å²) in [5, 5.41) is 3.41. The van der Waals surface area contributed by atoms with Crippen molar-refractivity contribution in [2.75, 3.05) is 18.5 Å². The fraction of sp³-hybridized carbons (Fsp3) is 0.316. The van der Waals surface area contributed by atoms with E-state index in [2.05, 4.69) is 66.0 Å². The maximum absolute atomic E-state index is 4.68. The van der Waals surface area contributed by atoms with Crippen molar-refractivity contribution in [3.63, 3.8) is 0 Å². The summed E-state index contributed by atoms with van der Waals surface area (Å²) in [5.74, 6) is 1.09. The summed E-state index contributed by atoms with van der Waals surface area (Å²) in [7, 11) is 2.04. The normalized spacial score (nSPS) is 12.0. The van der Waals surface area contributed by atoms with E-state index in [0.717, 1.165) is 29.3 Å². The van der Waals surface area contributed by atoms with Gasteiger partial charge in [0, 0.05) is 24.9 Å². The minimum absolute atomic E-state index is 0.981. The van der Waals surface area contributed by atoms with Gasteiger partial charge in [-0.05, 0) is 42.7 Å². The SMILES string of the molecule is C=C(NCCCC)c1ccc(-c2ccc3c(n2)N3C)cc1C. The number of nitrogens with one attached hydrogen (secondary N) is 1.